The average molecular weight is 220 g/mol. The third-order valence-corrected chi connectivity index (χ3v) is 3.17. The highest BCUT2D eigenvalue weighted by Gasteiger charge is 2.38. The Bertz CT molecular complexity index is 396. The Morgan fingerprint density at radius 1 is 1.25 bits per heavy atom. The second-order valence-corrected chi connectivity index (χ2v) is 4.75. The van der Waals surface area contributed by atoms with Gasteiger partial charge in [0, 0.05) is 24.6 Å². The Morgan fingerprint density at radius 2 is 1.88 bits per heavy atom. The van der Waals surface area contributed by atoms with E-state index in [1.807, 2.05) is 7.05 Å². The van der Waals surface area contributed by atoms with Crippen LogP contribution in [0, 0.1) is 6.92 Å². The molecular formula is C12H20N4. The monoisotopic (exact) mass is 220 g/mol. The van der Waals surface area contributed by atoms with E-state index < -0.39 is 0 Å². The smallest absolute Gasteiger partial charge is 0.135 e. The maximum atomic E-state index is 4.56. The van der Waals surface area contributed by atoms with Crippen molar-refractivity contribution in [1.82, 2.24) is 9.97 Å². The Balaban J connectivity index is 2.34. The largest absolute Gasteiger partial charge is 0.373 e. The Kier molecular flexibility index (Phi) is 2.74. The molecule has 1 aromatic rings. The van der Waals surface area contributed by atoms with Gasteiger partial charge in [-0.2, -0.15) is 0 Å². The van der Waals surface area contributed by atoms with E-state index in [-0.39, 0.29) is 5.54 Å². The fourth-order valence-corrected chi connectivity index (χ4v) is 1.68. The van der Waals surface area contributed by atoms with Crippen molar-refractivity contribution in [2.24, 2.45) is 0 Å². The predicted molar refractivity (Wildman–Crippen MR) is 67.0 cm³/mol. The first-order chi connectivity index (χ1) is 7.58. The van der Waals surface area contributed by atoms with Crippen molar-refractivity contribution in [2.75, 3.05) is 17.7 Å². The molecule has 1 fully saturated rings. The molecule has 0 atom stereocenters. The number of nitrogens with zero attached hydrogens (tertiary/aromatic N) is 2. The molecule has 2 rings (SSSR count). The number of anilines is 2. The van der Waals surface area contributed by atoms with Gasteiger partial charge in [0.1, 0.15) is 17.5 Å². The molecule has 1 aliphatic rings. The van der Waals surface area contributed by atoms with Crippen molar-refractivity contribution in [3.63, 3.8) is 0 Å². The van der Waals surface area contributed by atoms with Crippen molar-refractivity contribution in [3.8, 4) is 0 Å². The highest BCUT2D eigenvalue weighted by Crippen LogP contribution is 2.38. The van der Waals surface area contributed by atoms with Crippen LogP contribution in [-0.4, -0.2) is 22.6 Å². The molecule has 0 saturated heterocycles. The zero-order valence-electron chi connectivity index (χ0n) is 10.5. The molecule has 88 valence electrons. The molecule has 0 radical (unpaired) electrons. The number of nitrogens with one attached hydrogen (secondary N) is 2. The van der Waals surface area contributed by atoms with Gasteiger partial charge in [-0.25, -0.2) is 9.97 Å². The van der Waals surface area contributed by atoms with E-state index in [4.69, 9.17) is 0 Å². The van der Waals surface area contributed by atoms with Gasteiger partial charge < -0.3 is 10.6 Å². The normalized spacial score (nSPS) is 17.0. The molecule has 1 saturated carbocycles. The molecule has 0 amide bonds. The van der Waals surface area contributed by atoms with Crippen LogP contribution in [0.4, 0.5) is 11.6 Å². The molecule has 1 aromatic heterocycles. The van der Waals surface area contributed by atoms with Crippen molar-refractivity contribution in [2.45, 2.75) is 45.6 Å². The minimum Gasteiger partial charge on any atom is -0.373 e. The lowest BCUT2D eigenvalue weighted by molar-refractivity contribution is 0.808. The predicted octanol–water partition coefficient (Wildman–Crippen LogP) is 2.35. The fourth-order valence-electron chi connectivity index (χ4n) is 1.68. The fraction of sp³-hybridized carbons (Fsp3) is 0.667. The maximum Gasteiger partial charge on any atom is 0.135 e. The molecule has 0 bridgehead atoms. The lowest BCUT2D eigenvalue weighted by Gasteiger charge is -2.17. The lowest BCUT2D eigenvalue weighted by Crippen LogP contribution is -2.19. The topological polar surface area (TPSA) is 49.8 Å². The number of rotatable bonds is 4. The molecule has 0 unspecified atom stereocenters. The van der Waals surface area contributed by atoms with E-state index in [1.54, 1.807) is 0 Å². The molecule has 1 heterocycles. The highest BCUT2D eigenvalue weighted by atomic mass is 15.1. The second-order valence-electron chi connectivity index (χ2n) is 4.75. The summed E-state index contributed by atoms with van der Waals surface area (Å²) in [7, 11) is 1.90. The van der Waals surface area contributed by atoms with E-state index in [1.165, 1.54) is 12.8 Å². The van der Waals surface area contributed by atoms with Crippen LogP contribution in [0.25, 0.3) is 0 Å². The van der Waals surface area contributed by atoms with Crippen LogP contribution in [0.5, 0.6) is 0 Å². The Labute approximate surface area is 96.9 Å². The summed E-state index contributed by atoms with van der Waals surface area (Å²) < 4.78 is 0. The van der Waals surface area contributed by atoms with Gasteiger partial charge in [0.2, 0.25) is 0 Å². The second kappa shape index (κ2) is 3.92. The van der Waals surface area contributed by atoms with Crippen LogP contribution >= 0.6 is 0 Å². The van der Waals surface area contributed by atoms with E-state index >= 15 is 0 Å². The molecule has 1 aliphatic carbocycles. The van der Waals surface area contributed by atoms with Gasteiger partial charge in [-0.3, -0.25) is 0 Å². The number of aryl methyl sites for hydroxylation is 1. The first kappa shape index (κ1) is 11.2. The van der Waals surface area contributed by atoms with Gasteiger partial charge in [-0.05, 0) is 26.7 Å². The summed E-state index contributed by atoms with van der Waals surface area (Å²) in [6.07, 6.45) is 3.32. The minimum absolute atomic E-state index is 0.259. The quantitative estimate of drug-likeness (QED) is 0.817. The summed E-state index contributed by atoms with van der Waals surface area (Å²) in [5.74, 6) is 2.80. The molecule has 0 spiro atoms. The highest BCUT2D eigenvalue weighted by molar-refractivity contribution is 5.58. The van der Waals surface area contributed by atoms with Crippen LogP contribution in [0.2, 0.25) is 0 Å². The molecule has 16 heavy (non-hydrogen) atoms. The average Bonchev–Trinajstić information content (AvgIpc) is 2.99. The maximum absolute atomic E-state index is 4.56. The van der Waals surface area contributed by atoms with E-state index in [2.05, 4.69) is 41.4 Å². The summed E-state index contributed by atoms with van der Waals surface area (Å²) in [4.78, 5) is 9.02. The summed E-state index contributed by atoms with van der Waals surface area (Å²) in [6, 6.07) is 0. The summed E-state index contributed by atoms with van der Waals surface area (Å²) >= 11 is 0. The lowest BCUT2D eigenvalue weighted by atomic mass is 10.2. The SMILES string of the molecule is CCc1nc(NC)c(C)c(NC2(C)CC2)n1. The molecular weight excluding hydrogens is 200 g/mol. The number of aromatic nitrogens is 2. The van der Waals surface area contributed by atoms with Crippen molar-refractivity contribution in [1.29, 1.82) is 0 Å². The van der Waals surface area contributed by atoms with Crippen LogP contribution in [0.3, 0.4) is 0 Å². The third kappa shape index (κ3) is 2.10. The van der Waals surface area contributed by atoms with Gasteiger partial charge >= 0.3 is 0 Å². The zero-order valence-corrected chi connectivity index (χ0v) is 10.5. The first-order valence-electron chi connectivity index (χ1n) is 5.91. The summed E-state index contributed by atoms with van der Waals surface area (Å²) in [6.45, 7) is 6.37. The van der Waals surface area contributed by atoms with Crippen LogP contribution in [0.1, 0.15) is 38.1 Å². The molecule has 0 aromatic carbocycles. The van der Waals surface area contributed by atoms with Crippen molar-refractivity contribution in [3.05, 3.63) is 11.4 Å². The number of hydrogen-bond donors (Lipinski definition) is 2. The van der Waals surface area contributed by atoms with Gasteiger partial charge in [-0.1, -0.05) is 6.92 Å². The first-order valence-corrected chi connectivity index (χ1v) is 5.91. The van der Waals surface area contributed by atoms with E-state index in [9.17, 15) is 0 Å². The van der Waals surface area contributed by atoms with Gasteiger partial charge in [0.25, 0.3) is 0 Å². The van der Waals surface area contributed by atoms with E-state index in [0.717, 1.165) is 29.4 Å². The van der Waals surface area contributed by atoms with Crippen LogP contribution in [0.15, 0.2) is 0 Å². The Hall–Kier alpha value is -1.32. The van der Waals surface area contributed by atoms with Gasteiger partial charge in [0.05, 0.1) is 0 Å². The number of hydrogen-bond acceptors (Lipinski definition) is 4. The van der Waals surface area contributed by atoms with Gasteiger partial charge in [-0.15, -0.1) is 0 Å². The summed E-state index contributed by atoms with van der Waals surface area (Å²) in [5, 5.41) is 6.64. The third-order valence-electron chi connectivity index (χ3n) is 3.17. The minimum atomic E-state index is 0.259. The van der Waals surface area contributed by atoms with Crippen molar-refractivity contribution >= 4 is 11.6 Å². The van der Waals surface area contributed by atoms with Gasteiger partial charge in [0.15, 0.2) is 0 Å². The molecule has 2 N–H and O–H groups in total. The Morgan fingerprint density at radius 3 is 2.38 bits per heavy atom. The van der Waals surface area contributed by atoms with Crippen LogP contribution < -0.4 is 10.6 Å². The van der Waals surface area contributed by atoms with Crippen LogP contribution in [-0.2, 0) is 6.42 Å². The molecule has 4 nitrogen and oxygen atoms in total. The zero-order chi connectivity index (χ0) is 11.8. The molecule has 0 aliphatic heterocycles. The molecule has 4 heteroatoms. The standard InChI is InChI=1S/C12H20N4/c1-5-9-14-10(13-4)8(2)11(15-9)16-12(3)6-7-12/h5-7H2,1-4H3,(H2,13,14,15,16). The summed E-state index contributed by atoms with van der Waals surface area (Å²) in [5.41, 5.74) is 1.36. The van der Waals surface area contributed by atoms with Crippen molar-refractivity contribution < 1.29 is 0 Å². The van der Waals surface area contributed by atoms with E-state index in [0.29, 0.717) is 0 Å².